The minimum Gasteiger partial charge on any atom is -0.299 e. The first-order valence-corrected chi connectivity index (χ1v) is 11.5. The largest absolute Gasteiger partial charge is 0.308 e. The summed E-state index contributed by atoms with van der Waals surface area (Å²) in [5.74, 6) is 0. The quantitative estimate of drug-likeness (QED) is 0.705. The van der Waals surface area contributed by atoms with Crippen molar-refractivity contribution in [1.29, 1.82) is 0 Å². The van der Waals surface area contributed by atoms with Crippen LogP contribution in [0.25, 0.3) is 10.2 Å². The van der Waals surface area contributed by atoms with Crippen molar-refractivity contribution in [2.75, 3.05) is 0 Å². The van der Waals surface area contributed by atoms with Crippen molar-refractivity contribution < 1.29 is 8.42 Å². The van der Waals surface area contributed by atoms with E-state index in [0.717, 1.165) is 48.1 Å². The highest BCUT2D eigenvalue weighted by atomic mass is 32.2. The van der Waals surface area contributed by atoms with Crippen molar-refractivity contribution in [3.05, 3.63) is 63.3 Å². The van der Waals surface area contributed by atoms with E-state index in [-0.39, 0.29) is 15.8 Å². The molecule has 0 radical (unpaired) electrons. The Morgan fingerprint density at radius 1 is 1.22 bits per heavy atom. The van der Waals surface area contributed by atoms with Crippen LogP contribution >= 0.6 is 11.3 Å². The van der Waals surface area contributed by atoms with Gasteiger partial charge in [0.05, 0.1) is 15.1 Å². The molecule has 0 spiro atoms. The summed E-state index contributed by atoms with van der Waals surface area (Å²) in [6.07, 6.45) is 3.59. The van der Waals surface area contributed by atoms with Crippen LogP contribution in [0.5, 0.6) is 0 Å². The molecule has 1 aliphatic carbocycles. The summed E-state index contributed by atoms with van der Waals surface area (Å²) in [6, 6.07) is 12.8. The van der Waals surface area contributed by atoms with Crippen LogP contribution in [0.3, 0.4) is 0 Å². The molecule has 1 atom stereocenters. The highest BCUT2D eigenvalue weighted by Crippen LogP contribution is 2.31. The lowest BCUT2D eigenvalue weighted by molar-refractivity contribution is 0.507. The molecule has 1 N–H and O–H groups in total. The maximum atomic E-state index is 13.0. The van der Waals surface area contributed by atoms with Gasteiger partial charge in [-0.15, -0.1) is 0 Å². The molecule has 0 fully saturated rings. The Morgan fingerprint density at radius 3 is 2.85 bits per heavy atom. The molecule has 0 amide bonds. The molecule has 3 aromatic rings. The Hall–Kier alpha value is -1.96. The second kappa shape index (κ2) is 7.22. The molecule has 7 heteroatoms. The molecule has 1 aromatic heterocycles. The molecule has 0 saturated carbocycles. The van der Waals surface area contributed by atoms with Crippen molar-refractivity contribution in [3.8, 4) is 0 Å². The third kappa shape index (κ3) is 3.47. The molecule has 1 aliphatic rings. The fourth-order valence-corrected chi connectivity index (χ4v) is 6.09. The fraction of sp³-hybridized carbons (Fsp3) is 0.350. The average Bonchev–Trinajstić information content (AvgIpc) is 2.97. The van der Waals surface area contributed by atoms with Crippen molar-refractivity contribution in [1.82, 2.24) is 9.29 Å². The van der Waals surface area contributed by atoms with E-state index in [0.29, 0.717) is 11.2 Å². The van der Waals surface area contributed by atoms with Gasteiger partial charge in [0.2, 0.25) is 10.0 Å². The molecule has 1 heterocycles. The van der Waals surface area contributed by atoms with Gasteiger partial charge in [-0.3, -0.25) is 9.36 Å². The maximum absolute atomic E-state index is 13.0. The first-order valence-electron chi connectivity index (χ1n) is 9.23. The topological polar surface area (TPSA) is 68.2 Å². The van der Waals surface area contributed by atoms with Crippen LogP contribution in [0, 0.1) is 0 Å². The summed E-state index contributed by atoms with van der Waals surface area (Å²) in [4.78, 5) is 12.3. The smallest absolute Gasteiger partial charge is 0.299 e. The van der Waals surface area contributed by atoms with Gasteiger partial charge < -0.3 is 0 Å². The molecule has 0 aliphatic heterocycles. The molecular weight excluding hydrogens is 380 g/mol. The van der Waals surface area contributed by atoms with Gasteiger partial charge in [0.15, 0.2) is 0 Å². The van der Waals surface area contributed by atoms with E-state index < -0.39 is 10.0 Å². The second-order valence-electron chi connectivity index (χ2n) is 6.91. The van der Waals surface area contributed by atoms with Gasteiger partial charge in [-0.2, -0.15) is 0 Å². The Morgan fingerprint density at radius 2 is 2.04 bits per heavy atom. The van der Waals surface area contributed by atoms with Gasteiger partial charge >= 0.3 is 4.87 Å². The highest BCUT2D eigenvalue weighted by Gasteiger charge is 2.26. The first kappa shape index (κ1) is 18.4. The first-order chi connectivity index (χ1) is 13.0. The number of hydrogen-bond acceptors (Lipinski definition) is 4. The lowest BCUT2D eigenvalue weighted by atomic mass is 9.88. The molecule has 5 nitrogen and oxygen atoms in total. The molecule has 4 rings (SSSR count). The molecule has 142 valence electrons. The van der Waals surface area contributed by atoms with E-state index in [1.807, 2.05) is 25.1 Å². The summed E-state index contributed by atoms with van der Waals surface area (Å²) in [5, 5.41) is 0. The number of benzene rings is 2. The van der Waals surface area contributed by atoms with Crippen LogP contribution in [0.15, 0.2) is 52.2 Å². The molecular formula is C20H22N2O3S2. The standard InChI is InChI=1S/C20H22N2O3S2/c1-2-12-22-18-11-10-15(13-19(18)26-20(22)23)27(24,25)21-17-9-5-7-14-6-3-4-8-16(14)17/h3-4,6,8,10-11,13,17,21H,2,5,7,9,12H2,1H3. The number of fused-ring (bicyclic) bond motifs is 2. The van der Waals surface area contributed by atoms with Crippen molar-refractivity contribution in [2.24, 2.45) is 0 Å². The highest BCUT2D eigenvalue weighted by molar-refractivity contribution is 7.89. The molecule has 2 aromatic carbocycles. The summed E-state index contributed by atoms with van der Waals surface area (Å²) in [5.41, 5.74) is 3.07. The number of nitrogens with one attached hydrogen (secondary N) is 1. The molecule has 1 unspecified atom stereocenters. The predicted octanol–water partition coefficient (Wildman–Crippen LogP) is 3.83. The molecule has 0 bridgehead atoms. The zero-order valence-electron chi connectivity index (χ0n) is 15.1. The predicted molar refractivity (Wildman–Crippen MR) is 109 cm³/mol. The third-order valence-corrected chi connectivity index (χ3v) is 7.48. The Balaban J connectivity index is 1.68. The van der Waals surface area contributed by atoms with Gasteiger partial charge in [-0.25, -0.2) is 13.1 Å². The van der Waals surface area contributed by atoms with Crippen LogP contribution in [0.1, 0.15) is 43.4 Å². The number of nitrogens with zero attached hydrogens (tertiary/aromatic N) is 1. The number of sulfonamides is 1. The van der Waals surface area contributed by atoms with E-state index in [1.54, 1.807) is 22.8 Å². The minimum atomic E-state index is -3.66. The summed E-state index contributed by atoms with van der Waals surface area (Å²) >= 11 is 1.10. The van der Waals surface area contributed by atoms with Gasteiger partial charge in [0.25, 0.3) is 0 Å². The molecule has 0 saturated heterocycles. The van der Waals surface area contributed by atoms with Crippen molar-refractivity contribution in [2.45, 2.75) is 50.1 Å². The normalized spacial score (nSPS) is 17.1. The molecule has 27 heavy (non-hydrogen) atoms. The number of thiazole rings is 1. The summed E-state index contributed by atoms with van der Waals surface area (Å²) < 4.78 is 31.2. The SMILES string of the molecule is CCCn1c(=O)sc2cc(S(=O)(=O)NC3CCCc4ccccc43)ccc21. The van der Waals surface area contributed by atoms with E-state index >= 15 is 0 Å². The zero-order chi connectivity index (χ0) is 19.0. The van der Waals surface area contributed by atoms with E-state index in [9.17, 15) is 13.2 Å². The number of aromatic nitrogens is 1. The Bertz CT molecular complexity index is 1150. The van der Waals surface area contributed by atoms with Crippen LogP contribution in [-0.4, -0.2) is 13.0 Å². The van der Waals surface area contributed by atoms with Gasteiger partial charge in [-0.05, 0) is 55.0 Å². The van der Waals surface area contributed by atoms with Crippen molar-refractivity contribution in [3.63, 3.8) is 0 Å². The van der Waals surface area contributed by atoms with Gasteiger partial charge in [-0.1, -0.05) is 42.5 Å². The summed E-state index contributed by atoms with van der Waals surface area (Å²) in [6.45, 7) is 2.66. The maximum Gasteiger partial charge on any atom is 0.308 e. The second-order valence-corrected chi connectivity index (χ2v) is 9.62. The average molecular weight is 403 g/mol. The lowest BCUT2D eigenvalue weighted by Crippen LogP contribution is -2.31. The third-order valence-electron chi connectivity index (χ3n) is 5.06. The van der Waals surface area contributed by atoms with Gasteiger partial charge in [0, 0.05) is 12.6 Å². The van der Waals surface area contributed by atoms with E-state index in [4.69, 9.17) is 0 Å². The van der Waals surface area contributed by atoms with Crippen LogP contribution in [-0.2, 0) is 23.0 Å². The lowest BCUT2D eigenvalue weighted by Gasteiger charge is -2.26. The Labute approximate surface area is 162 Å². The minimum absolute atomic E-state index is 0.0458. The number of rotatable bonds is 5. The van der Waals surface area contributed by atoms with Gasteiger partial charge in [0.1, 0.15) is 0 Å². The van der Waals surface area contributed by atoms with Crippen molar-refractivity contribution >= 4 is 31.6 Å². The summed E-state index contributed by atoms with van der Waals surface area (Å²) in [7, 11) is -3.66. The van der Waals surface area contributed by atoms with E-state index in [1.165, 1.54) is 5.56 Å². The Kier molecular flexibility index (Phi) is 4.92. The number of aryl methyl sites for hydroxylation is 2. The fourth-order valence-electron chi connectivity index (χ4n) is 3.78. The van der Waals surface area contributed by atoms with Crippen LogP contribution in [0.2, 0.25) is 0 Å². The van der Waals surface area contributed by atoms with Crippen LogP contribution < -0.4 is 9.60 Å². The van der Waals surface area contributed by atoms with E-state index in [2.05, 4.69) is 10.8 Å². The zero-order valence-corrected chi connectivity index (χ0v) is 16.8. The van der Waals surface area contributed by atoms with Crippen LogP contribution in [0.4, 0.5) is 0 Å². The number of hydrogen-bond donors (Lipinski definition) is 1. The monoisotopic (exact) mass is 402 g/mol.